The highest BCUT2D eigenvalue weighted by atomic mass is 35.5. The van der Waals surface area contributed by atoms with E-state index in [9.17, 15) is 16.8 Å². The molecular weight excluding hydrogens is 804 g/mol. The van der Waals surface area contributed by atoms with Crippen LogP contribution in [0.3, 0.4) is 0 Å². The topological polar surface area (TPSA) is 126 Å². The molecule has 320 valence electrons. The van der Waals surface area contributed by atoms with Gasteiger partial charge in [-0.25, -0.2) is 16.8 Å². The zero-order valence-corrected chi connectivity index (χ0v) is 37.6. The van der Waals surface area contributed by atoms with Crippen LogP contribution in [0.25, 0.3) is 0 Å². The number of piperidine rings is 2. The predicted molar refractivity (Wildman–Crippen MR) is 241 cm³/mol. The highest BCUT2D eigenvalue weighted by Gasteiger charge is 2.65. The molecule has 0 amide bonds. The number of methoxy groups -OCH3 is 2. The molecule has 2 aliphatic carbocycles. The van der Waals surface area contributed by atoms with E-state index in [1.807, 2.05) is 54.6 Å². The first-order chi connectivity index (χ1) is 28.1. The first-order valence-electron chi connectivity index (χ1n) is 20.5. The van der Waals surface area contributed by atoms with Crippen molar-refractivity contribution in [1.29, 1.82) is 0 Å². The Balaban J connectivity index is 0.000000165. The molecule has 4 aromatic carbocycles. The molecule has 0 bridgehead atoms. The number of nitrogens with zero attached hydrogens (tertiary/aromatic N) is 1. The second-order valence-corrected chi connectivity index (χ2v) is 20.8. The van der Waals surface area contributed by atoms with Crippen LogP contribution in [-0.4, -0.2) is 87.1 Å². The van der Waals surface area contributed by atoms with Gasteiger partial charge in [0.15, 0.2) is 0 Å². The molecule has 4 atom stereocenters. The highest BCUT2D eigenvalue weighted by molar-refractivity contribution is 7.92. The van der Waals surface area contributed by atoms with Crippen molar-refractivity contribution in [1.82, 2.24) is 10.2 Å². The molecule has 0 aromatic heterocycles. The van der Waals surface area contributed by atoms with Crippen molar-refractivity contribution >= 4 is 43.0 Å². The lowest BCUT2D eigenvalue weighted by molar-refractivity contribution is 0.274. The molecule has 0 spiro atoms. The van der Waals surface area contributed by atoms with E-state index in [1.54, 1.807) is 20.3 Å². The van der Waals surface area contributed by atoms with Crippen molar-refractivity contribution in [3.63, 3.8) is 0 Å². The van der Waals surface area contributed by atoms with Gasteiger partial charge in [0.1, 0.15) is 11.5 Å². The van der Waals surface area contributed by atoms with E-state index in [0.29, 0.717) is 35.0 Å². The molecule has 4 unspecified atom stereocenters. The van der Waals surface area contributed by atoms with Crippen LogP contribution < -0.4 is 24.2 Å². The summed E-state index contributed by atoms with van der Waals surface area (Å²) in [5.74, 6) is 5.27. The number of hydrogen-bond acceptors (Lipinski definition) is 8. The molecule has 3 N–H and O–H groups in total. The number of likely N-dealkylation sites (tertiary alicyclic amines) is 1. The Morgan fingerprint density at radius 2 is 1.08 bits per heavy atom. The van der Waals surface area contributed by atoms with Crippen molar-refractivity contribution < 1.29 is 26.3 Å². The van der Waals surface area contributed by atoms with Crippen LogP contribution in [-0.2, 0) is 43.7 Å². The Morgan fingerprint density at radius 3 is 1.49 bits per heavy atom. The smallest absolute Gasteiger partial charge is 0.229 e. The monoisotopic (exact) mass is 864 g/mol. The minimum absolute atomic E-state index is 0.168. The van der Waals surface area contributed by atoms with E-state index in [1.165, 1.54) is 34.8 Å². The fourth-order valence-electron chi connectivity index (χ4n) is 9.43. The molecule has 10 nitrogen and oxygen atoms in total. The largest absolute Gasteiger partial charge is 0.497 e. The highest BCUT2D eigenvalue weighted by Crippen LogP contribution is 2.63. The number of nitrogens with one attached hydrogen (secondary N) is 3. The molecule has 2 saturated heterocycles. The van der Waals surface area contributed by atoms with E-state index >= 15 is 0 Å². The van der Waals surface area contributed by atoms with Crippen molar-refractivity contribution in [2.75, 3.05) is 74.8 Å². The third-order valence-electron chi connectivity index (χ3n) is 12.9. The lowest BCUT2D eigenvalue weighted by atomic mass is 9.92. The maximum Gasteiger partial charge on any atom is 0.229 e. The average Bonchev–Trinajstić information content (AvgIpc) is 3.66. The van der Waals surface area contributed by atoms with Gasteiger partial charge >= 0.3 is 0 Å². The second kappa shape index (κ2) is 18.8. The van der Waals surface area contributed by atoms with E-state index in [-0.39, 0.29) is 10.8 Å². The van der Waals surface area contributed by atoms with Crippen molar-refractivity contribution in [2.24, 2.45) is 23.7 Å². The van der Waals surface area contributed by atoms with Gasteiger partial charge in [0.05, 0.1) is 26.7 Å². The number of halogens is 1. The molecule has 4 fully saturated rings. The zero-order chi connectivity index (χ0) is 42.4. The number of rotatable bonds is 15. The molecule has 13 heteroatoms. The fourth-order valence-corrected chi connectivity index (χ4v) is 10.7. The van der Waals surface area contributed by atoms with Crippen LogP contribution in [0.1, 0.15) is 48.9 Å². The number of hydrogen-bond donors (Lipinski definition) is 3. The van der Waals surface area contributed by atoms with Gasteiger partial charge in [-0.1, -0.05) is 62.4 Å². The van der Waals surface area contributed by atoms with E-state index in [0.717, 1.165) is 75.8 Å². The van der Waals surface area contributed by atoms with E-state index in [2.05, 4.69) is 69.9 Å². The number of ether oxygens (including phenoxy) is 2. The summed E-state index contributed by atoms with van der Waals surface area (Å²) < 4.78 is 61.0. The van der Waals surface area contributed by atoms with E-state index in [4.69, 9.17) is 21.1 Å². The first-order valence-corrected chi connectivity index (χ1v) is 24.8. The summed E-state index contributed by atoms with van der Waals surface area (Å²) in [5.41, 5.74) is 6.88. The minimum Gasteiger partial charge on any atom is -0.497 e. The molecule has 0 radical (unpaired) electrons. The summed E-state index contributed by atoms with van der Waals surface area (Å²) in [5, 5.41) is 3.39. The third-order valence-corrected chi connectivity index (χ3v) is 14.4. The Morgan fingerprint density at radius 1 is 0.661 bits per heavy atom. The number of benzene rings is 4. The third kappa shape index (κ3) is 11.3. The Bertz CT molecular complexity index is 2220. The number of alkyl halides is 1. The maximum atomic E-state index is 11.5. The Labute approximate surface area is 357 Å². The van der Waals surface area contributed by atoms with Crippen LogP contribution in [0.5, 0.6) is 11.5 Å². The van der Waals surface area contributed by atoms with Gasteiger partial charge in [-0.15, -0.1) is 11.6 Å². The van der Waals surface area contributed by atoms with Gasteiger partial charge < -0.3 is 19.7 Å². The van der Waals surface area contributed by atoms with Crippen molar-refractivity contribution in [2.45, 2.75) is 50.4 Å². The van der Waals surface area contributed by atoms with E-state index < -0.39 is 20.0 Å². The van der Waals surface area contributed by atoms with Gasteiger partial charge in [-0.2, -0.15) is 0 Å². The zero-order valence-electron chi connectivity index (χ0n) is 35.2. The van der Waals surface area contributed by atoms with Gasteiger partial charge in [0.2, 0.25) is 20.0 Å². The van der Waals surface area contributed by atoms with Crippen LogP contribution in [0.2, 0.25) is 0 Å². The lowest BCUT2D eigenvalue weighted by Crippen LogP contribution is -2.30. The standard InChI is InChI=1S/C23H30N2O3S.C13H18N2O2S.C10H13ClO/c1-23(18-7-4-8-19(14-18)24-29(3,26)27)21-15-25(16-22(21)23)13-5-6-17-9-11-20(28-2)12-10-17;1-13(11-7-14-8-12(11)13)9-4-3-5-10(6-9)15-18(2,16)17;1-12-10-6-4-9(5-7-10)3-2-8-11/h4,7-12,14,21-22,24H,5-6,13,15-16H2,1-3H3;3-6,11-12,14-15H,7-8H2,1-2H3;4-7H,2-3,8H2,1H3. The Kier molecular flexibility index (Phi) is 14.3. The van der Waals surface area contributed by atoms with Gasteiger partial charge in [0.25, 0.3) is 0 Å². The van der Waals surface area contributed by atoms with Gasteiger partial charge in [-0.3, -0.25) is 9.44 Å². The molecule has 4 aromatic rings. The number of aryl methyl sites for hydroxylation is 2. The number of anilines is 2. The van der Waals surface area contributed by atoms with Crippen LogP contribution in [0, 0.1) is 23.7 Å². The average molecular weight is 866 g/mol. The summed E-state index contributed by atoms with van der Waals surface area (Å²) in [6, 6.07) is 32.2. The van der Waals surface area contributed by atoms with Crippen LogP contribution in [0.15, 0.2) is 97.1 Å². The lowest BCUT2D eigenvalue weighted by Gasteiger charge is -2.24. The van der Waals surface area contributed by atoms with Gasteiger partial charge in [0, 0.05) is 41.2 Å². The van der Waals surface area contributed by atoms with Gasteiger partial charge in [-0.05, 0) is 140 Å². The molecular formula is C46H61ClN4O6S2. The second-order valence-electron chi connectivity index (χ2n) is 16.9. The quantitative estimate of drug-likeness (QED) is 0.105. The molecule has 2 saturated carbocycles. The number of sulfonamides is 2. The molecule has 4 aliphatic rings. The molecule has 59 heavy (non-hydrogen) atoms. The summed E-state index contributed by atoms with van der Waals surface area (Å²) in [6.45, 7) is 10.2. The minimum atomic E-state index is -3.25. The fraction of sp³-hybridized carbons (Fsp3) is 0.478. The first kappa shape index (κ1) is 44.7. The SMILES string of the molecule is CC1(c2cccc(NS(C)(=O)=O)c2)C2CNCC21.COc1ccc(CCCCl)cc1.COc1ccc(CCCN2CC3C(C2)C3(C)c2cccc(NS(C)(=O)=O)c2)cc1. The summed E-state index contributed by atoms with van der Waals surface area (Å²) in [4.78, 5) is 2.58. The van der Waals surface area contributed by atoms with Crippen molar-refractivity contribution in [3.05, 3.63) is 119 Å². The molecule has 8 rings (SSSR count). The molecule has 2 heterocycles. The number of fused-ring (bicyclic) bond motifs is 2. The summed E-state index contributed by atoms with van der Waals surface area (Å²) in [7, 11) is -3.08. The Hall–Kier alpha value is -3.81. The van der Waals surface area contributed by atoms with Crippen molar-refractivity contribution in [3.8, 4) is 11.5 Å². The summed E-state index contributed by atoms with van der Waals surface area (Å²) in [6.07, 6.45) is 6.71. The predicted octanol–water partition coefficient (Wildman–Crippen LogP) is 7.55. The van der Waals surface area contributed by atoms with Crippen LogP contribution in [0.4, 0.5) is 11.4 Å². The summed E-state index contributed by atoms with van der Waals surface area (Å²) >= 11 is 5.59. The van der Waals surface area contributed by atoms with Crippen LogP contribution >= 0.6 is 11.6 Å². The normalized spacial score (nSPS) is 25.3. The maximum absolute atomic E-state index is 11.5. The molecule has 2 aliphatic heterocycles.